The topological polar surface area (TPSA) is 55.1 Å². The van der Waals surface area contributed by atoms with E-state index in [1.165, 1.54) is 0 Å². The van der Waals surface area contributed by atoms with E-state index in [9.17, 15) is 4.79 Å². The molecule has 0 saturated heterocycles. The molecule has 0 aromatic heterocycles. The van der Waals surface area contributed by atoms with Gasteiger partial charge in [-0.1, -0.05) is 31.2 Å². The van der Waals surface area contributed by atoms with Crippen molar-refractivity contribution in [2.45, 2.75) is 26.3 Å². The Morgan fingerprint density at radius 3 is 2.73 bits per heavy atom. The van der Waals surface area contributed by atoms with Crippen molar-refractivity contribution in [3.05, 3.63) is 35.4 Å². The second-order valence-electron chi connectivity index (χ2n) is 3.63. The summed E-state index contributed by atoms with van der Waals surface area (Å²) < 4.78 is 0. The van der Waals surface area contributed by atoms with E-state index in [-0.39, 0.29) is 5.91 Å². The fourth-order valence-corrected chi connectivity index (χ4v) is 1.44. The van der Waals surface area contributed by atoms with Gasteiger partial charge in [0.25, 0.3) is 0 Å². The Balaban J connectivity index is 2.72. The molecule has 0 spiro atoms. The van der Waals surface area contributed by atoms with E-state index in [4.69, 9.17) is 5.73 Å². The number of hydrogen-bond acceptors (Lipinski definition) is 2. The molecule has 15 heavy (non-hydrogen) atoms. The van der Waals surface area contributed by atoms with Gasteiger partial charge in [-0.25, -0.2) is 0 Å². The third kappa shape index (κ3) is 3.06. The zero-order valence-electron chi connectivity index (χ0n) is 9.29. The molecule has 0 heterocycles. The lowest BCUT2D eigenvalue weighted by Gasteiger charge is -2.14. The predicted octanol–water partition coefficient (Wildman–Crippen LogP) is 1.52. The van der Waals surface area contributed by atoms with E-state index in [2.05, 4.69) is 5.32 Å². The molecule has 0 aliphatic rings. The molecule has 0 saturated carbocycles. The SMILES string of the molecule is CCCNC(=O)C(N)c1ccccc1C. The lowest BCUT2D eigenvalue weighted by atomic mass is 10.0. The van der Waals surface area contributed by atoms with Crippen LogP contribution >= 0.6 is 0 Å². The van der Waals surface area contributed by atoms with E-state index < -0.39 is 6.04 Å². The molecular formula is C12H18N2O. The van der Waals surface area contributed by atoms with E-state index in [1.54, 1.807) is 0 Å². The van der Waals surface area contributed by atoms with Gasteiger partial charge in [0.2, 0.25) is 5.91 Å². The number of nitrogens with one attached hydrogen (secondary N) is 1. The van der Waals surface area contributed by atoms with Crippen LogP contribution in [0.4, 0.5) is 0 Å². The fraction of sp³-hybridized carbons (Fsp3) is 0.417. The summed E-state index contributed by atoms with van der Waals surface area (Å²) in [5.41, 5.74) is 7.82. The van der Waals surface area contributed by atoms with Crippen LogP contribution in [-0.2, 0) is 4.79 Å². The molecule has 0 fully saturated rings. The monoisotopic (exact) mass is 206 g/mol. The van der Waals surface area contributed by atoms with Crippen molar-refractivity contribution < 1.29 is 4.79 Å². The second-order valence-corrected chi connectivity index (χ2v) is 3.63. The van der Waals surface area contributed by atoms with Crippen molar-refractivity contribution in [3.63, 3.8) is 0 Å². The summed E-state index contributed by atoms with van der Waals surface area (Å²) >= 11 is 0. The molecule has 3 nitrogen and oxygen atoms in total. The van der Waals surface area contributed by atoms with Gasteiger partial charge in [-0.3, -0.25) is 4.79 Å². The van der Waals surface area contributed by atoms with Crippen LogP contribution in [0.15, 0.2) is 24.3 Å². The second kappa shape index (κ2) is 5.51. The van der Waals surface area contributed by atoms with Crippen LogP contribution in [-0.4, -0.2) is 12.5 Å². The molecule has 3 heteroatoms. The van der Waals surface area contributed by atoms with Gasteiger partial charge in [-0.2, -0.15) is 0 Å². The van der Waals surface area contributed by atoms with Crippen LogP contribution in [0, 0.1) is 6.92 Å². The maximum Gasteiger partial charge on any atom is 0.241 e. The molecule has 1 unspecified atom stereocenters. The first-order valence-corrected chi connectivity index (χ1v) is 5.25. The van der Waals surface area contributed by atoms with E-state index in [1.807, 2.05) is 38.1 Å². The summed E-state index contributed by atoms with van der Waals surface area (Å²) in [4.78, 5) is 11.6. The number of hydrogen-bond donors (Lipinski definition) is 2. The summed E-state index contributed by atoms with van der Waals surface area (Å²) in [6.45, 7) is 4.65. The molecule has 0 bridgehead atoms. The van der Waals surface area contributed by atoms with Gasteiger partial charge in [-0.05, 0) is 24.5 Å². The normalized spacial score (nSPS) is 12.2. The van der Waals surface area contributed by atoms with Crippen LogP contribution in [0.3, 0.4) is 0 Å². The number of carbonyl (C=O) groups excluding carboxylic acids is 1. The van der Waals surface area contributed by atoms with Crippen LogP contribution in [0.5, 0.6) is 0 Å². The largest absolute Gasteiger partial charge is 0.354 e. The van der Waals surface area contributed by atoms with E-state index in [0.29, 0.717) is 6.54 Å². The Bertz CT molecular complexity index is 336. The average Bonchev–Trinajstić information content (AvgIpc) is 2.25. The van der Waals surface area contributed by atoms with Crippen molar-refractivity contribution in [1.29, 1.82) is 0 Å². The fourth-order valence-electron chi connectivity index (χ4n) is 1.44. The van der Waals surface area contributed by atoms with Gasteiger partial charge >= 0.3 is 0 Å². The van der Waals surface area contributed by atoms with Crippen LogP contribution in [0.1, 0.15) is 30.5 Å². The van der Waals surface area contributed by atoms with E-state index >= 15 is 0 Å². The Morgan fingerprint density at radius 1 is 1.47 bits per heavy atom. The molecule has 1 aromatic rings. The summed E-state index contributed by atoms with van der Waals surface area (Å²) in [5.74, 6) is -0.105. The van der Waals surface area contributed by atoms with Gasteiger partial charge in [0.1, 0.15) is 6.04 Å². The van der Waals surface area contributed by atoms with Crippen molar-refractivity contribution in [3.8, 4) is 0 Å². The highest BCUT2D eigenvalue weighted by Gasteiger charge is 2.16. The first-order valence-electron chi connectivity index (χ1n) is 5.25. The molecule has 1 atom stereocenters. The predicted molar refractivity (Wildman–Crippen MR) is 61.4 cm³/mol. The molecule has 0 aliphatic heterocycles. The maximum absolute atomic E-state index is 11.6. The zero-order chi connectivity index (χ0) is 11.3. The number of carbonyl (C=O) groups is 1. The van der Waals surface area contributed by atoms with Crippen molar-refractivity contribution >= 4 is 5.91 Å². The van der Waals surface area contributed by atoms with E-state index in [0.717, 1.165) is 17.5 Å². The quantitative estimate of drug-likeness (QED) is 0.784. The minimum Gasteiger partial charge on any atom is -0.354 e. The first-order chi connectivity index (χ1) is 7.16. The zero-order valence-corrected chi connectivity index (χ0v) is 9.29. The maximum atomic E-state index is 11.6. The summed E-state index contributed by atoms with van der Waals surface area (Å²) in [6, 6.07) is 7.14. The molecule has 0 radical (unpaired) electrons. The van der Waals surface area contributed by atoms with Crippen LogP contribution < -0.4 is 11.1 Å². The molecule has 1 amide bonds. The molecule has 82 valence electrons. The van der Waals surface area contributed by atoms with Crippen LogP contribution in [0.25, 0.3) is 0 Å². The van der Waals surface area contributed by atoms with Gasteiger partial charge in [0, 0.05) is 6.54 Å². The minimum absolute atomic E-state index is 0.105. The summed E-state index contributed by atoms with van der Waals surface area (Å²) in [7, 11) is 0. The highest BCUT2D eigenvalue weighted by molar-refractivity contribution is 5.83. The molecule has 1 aromatic carbocycles. The third-order valence-electron chi connectivity index (χ3n) is 2.36. The first kappa shape index (κ1) is 11.7. The van der Waals surface area contributed by atoms with Gasteiger partial charge in [-0.15, -0.1) is 0 Å². The number of rotatable bonds is 4. The Labute approximate surface area is 90.7 Å². The van der Waals surface area contributed by atoms with Crippen molar-refractivity contribution in [2.75, 3.05) is 6.54 Å². The highest BCUT2D eigenvalue weighted by Crippen LogP contribution is 2.14. The molecule has 1 rings (SSSR count). The third-order valence-corrected chi connectivity index (χ3v) is 2.36. The number of aryl methyl sites for hydroxylation is 1. The van der Waals surface area contributed by atoms with Crippen molar-refractivity contribution in [1.82, 2.24) is 5.32 Å². The standard InChI is InChI=1S/C12H18N2O/c1-3-8-14-12(15)11(13)10-7-5-4-6-9(10)2/h4-7,11H,3,8,13H2,1-2H3,(H,14,15). The summed E-state index contributed by atoms with van der Waals surface area (Å²) in [6.07, 6.45) is 0.923. The number of benzene rings is 1. The van der Waals surface area contributed by atoms with Gasteiger partial charge in [0.15, 0.2) is 0 Å². The smallest absolute Gasteiger partial charge is 0.241 e. The lowest BCUT2D eigenvalue weighted by molar-refractivity contribution is -0.122. The molecular weight excluding hydrogens is 188 g/mol. The molecule has 3 N–H and O–H groups in total. The Hall–Kier alpha value is -1.35. The Morgan fingerprint density at radius 2 is 2.13 bits per heavy atom. The summed E-state index contributed by atoms with van der Waals surface area (Å²) in [5, 5.41) is 2.79. The Kier molecular flexibility index (Phi) is 4.31. The van der Waals surface area contributed by atoms with Crippen molar-refractivity contribution in [2.24, 2.45) is 5.73 Å². The van der Waals surface area contributed by atoms with Crippen LogP contribution in [0.2, 0.25) is 0 Å². The highest BCUT2D eigenvalue weighted by atomic mass is 16.2. The van der Waals surface area contributed by atoms with Gasteiger partial charge in [0.05, 0.1) is 0 Å². The van der Waals surface area contributed by atoms with Gasteiger partial charge < -0.3 is 11.1 Å². The molecule has 0 aliphatic carbocycles. The number of nitrogens with two attached hydrogens (primary N) is 1. The minimum atomic E-state index is -0.558. The number of amides is 1. The average molecular weight is 206 g/mol. The lowest BCUT2D eigenvalue weighted by Crippen LogP contribution is -2.34.